The van der Waals surface area contributed by atoms with E-state index in [-0.39, 0.29) is 34.7 Å². The predicted molar refractivity (Wildman–Crippen MR) is 120 cm³/mol. The molecule has 0 saturated heterocycles. The predicted octanol–water partition coefficient (Wildman–Crippen LogP) is 0.684. The molecule has 200 valence electrons. The molecule has 0 amide bonds. The fourth-order valence-electron chi connectivity index (χ4n) is 2.31. The number of aliphatic hydroxyl groups is 1. The Morgan fingerprint density at radius 2 is 0.588 bits per heavy atom. The van der Waals surface area contributed by atoms with E-state index in [1.807, 2.05) is 0 Å². The van der Waals surface area contributed by atoms with Gasteiger partial charge >= 0.3 is 34.7 Å². The maximum atomic E-state index is 8.64. The van der Waals surface area contributed by atoms with Crippen molar-refractivity contribution in [2.75, 3.05) is 6.61 Å². The van der Waals surface area contributed by atoms with Crippen LogP contribution in [0.2, 0.25) is 0 Å². The van der Waals surface area contributed by atoms with Crippen molar-refractivity contribution >= 4 is 65.9 Å². The summed E-state index contributed by atoms with van der Waals surface area (Å²) in [5, 5.41) is 8.64. The SMILES string of the molecule is CCCCCCCCCCCCCCCCO.O=S(=O)([O-])[O-].O=S(=O)([O-])[O-].O=S(=O)([O-])[O-].[Al+3].[Al+3]. The molecule has 13 nitrogen and oxygen atoms in total. The van der Waals surface area contributed by atoms with Gasteiger partial charge in [0.05, 0.1) is 0 Å². The first-order chi connectivity index (χ1) is 14.4. The van der Waals surface area contributed by atoms with E-state index in [2.05, 4.69) is 6.92 Å². The molecule has 0 aromatic carbocycles. The van der Waals surface area contributed by atoms with Crippen molar-refractivity contribution in [3.63, 3.8) is 0 Å². The largest absolute Gasteiger partial charge is 3.00 e. The van der Waals surface area contributed by atoms with Crippen LogP contribution in [0.5, 0.6) is 0 Å². The van der Waals surface area contributed by atoms with Crippen molar-refractivity contribution in [1.82, 2.24) is 0 Å². The molecular formula is C16H34Al2O13S3. The number of unbranched alkanes of at least 4 members (excludes halogenated alkanes) is 13. The summed E-state index contributed by atoms with van der Waals surface area (Å²) >= 11 is 0. The monoisotopic (exact) mass is 584 g/mol. The van der Waals surface area contributed by atoms with Gasteiger partial charge in [0.15, 0.2) is 0 Å². The van der Waals surface area contributed by atoms with Crippen molar-refractivity contribution < 1.29 is 57.7 Å². The van der Waals surface area contributed by atoms with Crippen LogP contribution in [0.15, 0.2) is 0 Å². The van der Waals surface area contributed by atoms with Crippen molar-refractivity contribution in [1.29, 1.82) is 0 Å². The van der Waals surface area contributed by atoms with Gasteiger partial charge in [0.25, 0.3) is 0 Å². The average Bonchev–Trinajstić information content (AvgIpc) is 2.54. The van der Waals surface area contributed by atoms with Crippen LogP contribution in [-0.2, 0) is 31.2 Å². The van der Waals surface area contributed by atoms with Gasteiger partial charge in [-0.3, -0.25) is 25.3 Å². The van der Waals surface area contributed by atoms with E-state index in [1.54, 1.807) is 0 Å². The van der Waals surface area contributed by atoms with Crippen LogP contribution in [0.3, 0.4) is 0 Å². The zero-order valence-electron chi connectivity index (χ0n) is 19.3. The average molecular weight is 585 g/mol. The summed E-state index contributed by atoms with van der Waals surface area (Å²) in [6, 6.07) is 0. The molecule has 0 aliphatic rings. The minimum Gasteiger partial charge on any atom is -0.759 e. The van der Waals surface area contributed by atoms with Crippen LogP contribution in [0.1, 0.15) is 96.8 Å². The van der Waals surface area contributed by atoms with Gasteiger partial charge in [-0.25, -0.2) is 0 Å². The summed E-state index contributed by atoms with van der Waals surface area (Å²) in [6.45, 7) is 2.65. The van der Waals surface area contributed by atoms with Crippen molar-refractivity contribution in [3.05, 3.63) is 0 Å². The summed E-state index contributed by atoms with van der Waals surface area (Å²) in [6.07, 6.45) is 19.2. The molecule has 0 heterocycles. The molecule has 0 aromatic rings. The molecule has 0 aliphatic heterocycles. The third kappa shape index (κ3) is 152. The van der Waals surface area contributed by atoms with E-state index in [0.29, 0.717) is 6.61 Å². The Morgan fingerprint density at radius 3 is 0.735 bits per heavy atom. The molecule has 0 bridgehead atoms. The molecule has 18 heteroatoms. The number of hydrogen-bond donors (Lipinski definition) is 1. The molecule has 0 saturated carbocycles. The van der Waals surface area contributed by atoms with Crippen LogP contribution in [-0.4, -0.2) is 99.0 Å². The maximum absolute atomic E-state index is 8.64. The molecule has 0 unspecified atom stereocenters. The van der Waals surface area contributed by atoms with Crippen LogP contribution in [0.25, 0.3) is 0 Å². The molecular weight excluding hydrogens is 550 g/mol. The standard InChI is InChI=1S/C16H34O.2Al.3H2O4S/c1-2-3-4-5-6-7-8-9-10-11-12-13-14-15-16-17;;;3*1-5(2,3)4/h17H,2-16H2,1H3;;;3*(H2,1,2,3,4)/q;2*+3;;;/p-6. The van der Waals surface area contributed by atoms with E-state index >= 15 is 0 Å². The summed E-state index contributed by atoms with van der Waals surface area (Å²) in [5.41, 5.74) is 0. The minimum absolute atomic E-state index is 0. The molecule has 0 aliphatic carbocycles. The van der Waals surface area contributed by atoms with E-state index in [1.165, 1.54) is 83.5 Å². The fourth-order valence-corrected chi connectivity index (χ4v) is 2.31. The third-order valence-electron chi connectivity index (χ3n) is 3.51. The van der Waals surface area contributed by atoms with Gasteiger partial charge in [-0.2, -0.15) is 0 Å². The number of hydrogen-bond acceptors (Lipinski definition) is 13. The molecule has 0 radical (unpaired) electrons. The first-order valence-corrected chi connectivity index (χ1v) is 14.0. The summed E-state index contributed by atoms with van der Waals surface area (Å²) < 4.78 is 102. The van der Waals surface area contributed by atoms with Crippen LogP contribution < -0.4 is 0 Å². The van der Waals surface area contributed by atoms with Crippen LogP contribution >= 0.6 is 0 Å². The number of aliphatic hydroxyl groups excluding tert-OH is 1. The quantitative estimate of drug-likeness (QED) is 0.128. The van der Waals surface area contributed by atoms with Gasteiger partial charge in [-0.15, -0.1) is 0 Å². The van der Waals surface area contributed by atoms with Crippen molar-refractivity contribution in [2.24, 2.45) is 0 Å². The second-order valence-corrected chi connectivity index (χ2v) is 8.99. The Hall–Kier alpha value is 0.635. The minimum atomic E-state index is -5.17. The zero-order chi connectivity index (χ0) is 26.1. The van der Waals surface area contributed by atoms with Crippen molar-refractivity contribution in [2.45, 2.75) is 96.8 Å². The van der Waals surface area contributed by atoms with Gasteiger partial charge in [-0.1, -0.05) is 90.4 Å². The van der Waals surface area contributed by atoms with E-state index in [4.69, 9.17) is 57.7 Å². The number of rotatable bonds is 14. The van der Waals surface area contributed by atoms with Gasteiger partial charge in [-0.05, 0) is 6.42 Å². The van der Waals surface area contributed by atoms with E-state index in [0.717, 1.165) is 6.42 Å². The van der Waals surface area contributed by atoms with Gasteiger partial charge in [0.2, 0.25) is 0 Å². The Balaban J connectivity index is -0.0000000948. The van der Waals surface area contributed by atoms with E-state index in [9.17, 15) is 0 Å². The second kappa shape index (κ2) is 31.7. The van der Waals surface area contributed by atoms with E-state index < -0.39 is 31.2 Å². The van der Waals surface area contributed by atoms with Gasteiger partial charge in [0, 0.05) is 37.8 Å². The summed E-state index contributed by atoms with van der Waals surface area (Å²) in [4.78, 5) is 0. The molecule has 0 fully saturated rings. The fraction of sp³-hybridized carbons (Fsp3) is 1.00. The molecule has 0 rings (SSSR count). The Kier molecular flexibility index (Phi) is 44.5. The Bertz CT molecular complexity index is 576. The van der Waals surface area contributed by atoms with Gasteiger partial charge < -0.3 is 32.4 Å². The molecule has 1 N–H and O–H groups in total. The van der Waals surface area contributed by atoms with Gasteiger partial charge in [0.1, 0.15) is 0 Å². The summed E-state index contributed by atoms with van der Waals surface area (Å²) in [7, 11) is -15.5. The molecule has 0 spiro atoms. The molecule has 34 heavy (non-hydrogen) atoms. The Morgan fingerprint density at radius 1 is 0.441 bits per heavy atom. The topological polar surface area (TPSA) is 261 Å². The zero-order valence-corrected chi connectivity index (χ0v) is 24.1. The van der Waals surface area contributed by atoms with Crippen LogP contribution in [0, 0.1) is 0 Å². The summed E-state index contributed by atoms with van der Waals surface area (Å²) in [5.74, 6) is 0. The Labute approximate surface area is 226 Å². The smallest absolute Gasteiger partial charge is 0.759 e. The third-order valence-corrected chi connectivity index (χ3v) is 3.51. The maximum Gasteiger partial charge on any atom is 3.00 e. The first kappa shape index (κ1) is 47.8. The normalized spacial score (nSPS) is 10.6. The van der Waals surface area contributed by atoms with Crippen LogP contribution in [0.4, 0.5) is 0 Å². The first-order valence-electron chi connectivity index (χ1n) is 10.0. The van der Waals surface area contributed by atoms with Crippen molar-refractivity contribution in [3.8, 4) is 0 Å². The molecule has 0 aromatic heterocycles. The second-order valence-electron chi connectivity index (χ2n) is 6.54. The molecule has 0 atom stereocenters.